The summed E-state index contributed by atoms with van der Waals surface area (Å²) in [4.78, 5) is 21.6. The number of nitro groups is 1. The van der Waals surface area contributed by atoms with Gasteiger partial charge in [0.05, 0.1) is 22.1 Å². The number of nitrogens with zero attached hydrogens (tertiary/aromatic N) is 1. The lowest BCUT2D eigenvalue weighted by atomic mass is 10.1. The summed E-state index contributed by atoms with van der Waals surface area (Å²) < 4.78 is 38.2. The Bertz CT molecular complexity index is 633. The number of halogens is 4. The maximum Gasteiger partial charge on any atom is 0.418 e. The van der Waals surface area contributed by atoms with E-state index in [9.17, 15) is 28.1 Å². The van der Waals surface area contributed by atoms with Gasteiger partial charge in [0.1, 0.15) is 5.69 Å². The molecule has 1 aliphatic carbocycles. The number of nitrogens with one attached hydrogen (secondary N) is 2. The van der Waals surface area contributed by atoms with Crippen LogP contribution >= 0.6 is 11.6 Å². The Kier molecular flexibility index (Phi) is 4.98. The summed E-state index contributed by atoms with van der Waals surface area (Å²) in [6, 6.07) is 1.16. The summed E-state index contributed by atoms with van der Waals surface area (Å²) >= 11 is 5.53. The zero-order valence-electron chi connectivity index (χ0n) is 11.7. The van der Waals surface area contributed by atoms with Gasteiger partial charge in [0, 0.05) is 12.6 Å². The molecule has 1 aromatic rings. The van der Waals surface area contributed by atoms with Gasteiger partial charge in [-0.25, -0.2) is 0 Å². The summed E-state index contributed by atoms with van der Waals surface area (Å²) in [5.41, 5.74) is -2.33. The zero-order valence-corrected chi connectivity index (χ0v) is 12.5. The average Bonchev–Trinajstić information content (AvgIpc) is 3.25. The van der Waals surface area contributed by atoms with Crippen LogP contribution in [0.1, 0.15) is 18.4 Å². The molecule has 1 aliphatic rings. The summed E-state index contributed by atoms with van der Waals surface area (Å²) in [7, 11) is 0. The molecule has 0 unspecified atom stereocenters. The first-order valence-electron chi connectivity index (χ1n) is 6.74. The molecule has 2 N–H and O–H groups in total. The van der Waals surface area contributed by atoms with Gasteiger partial charge in [-0.15, -0.1) is 0 Å². The highest BCUT2D eigenvalue weighted by Gasteiger charge is 2.36. The van der Waals surface area contributed by atoms with Gasteiger partial charge in [-0.05, 0) is 24.8 Å². The third-order valence-electron chi connectivity index (χ3n) is 3.31. The number of anilines is 1. The van der Waals surface area contributed by atoms with Gasteiger partial charge in [-0.2, -0.15) is 13.2 Å². The average molecular weight is 352 g/mol. The molecule has 0 spiro atoms. The standard InChI is InChI=1S/C13H13ClF3N3O3/c14-9-4-10(18-6-12(21)19-5-7-1-2-7)11(20(22)23)3-8(9)13(15,16)17/h3-4,7,18H,1-2,5-6H2,(H,19,21). The lowest BCUT2D eigenvalue weighted by Crippen LogP contribution is -2.31. The van der Waals surface area contributed by atoms with Crippen LogP contribution in [0.2, 0.25) is 5.02 Å². The summed E-state index contributed by atoms with van der Waals surface area (Å²) in [6.45, 7) is 0.228. The molecule has 6 nitrogen and oxygen atoms in total. The third kappa shape index (κ3) is 4.72. The Morgan fingerprint density at radius 2 is 2.04 bits per heavy atom. The second-order valence-corrected chi connectivity index (χ2v) is 5.61. The van der Waals surface area contributed by atoms with Crippen LogP contribution in [0.5, 0.6) is 0 Å². The highest BCUT2D eigenvalue weighted by molar-refractivity contribution is 6.31. The van der Waals surface area contributed by atoms with Gasteiger partial charge in [-0.3, -0.25) is 14.9 Å². The lowest BCUT2D eigenvalue weighted by molar-refractivity contribution is -0.384. The van der Waals surface area contributed by atoms with Crippen molar-refractivity contribution in [3.63, 3.8) is 0 Å². The molecule has 2 rings (SSSR count). The fourth-order valence-corrected chi connectivity index (χ4v) is 2.16. The molecular formula is C13H13ClF3N3O3. The van der Waals surface area contributed by atoms with E-state index in [0.717, 1.165) is 18.9 Å². The molecule has 0 aromatic heterocycles. The molecule has 1 amide bonds. The molecule has 1 fully saturated rings. The number of rotatable bonds is 6. The summed E-state index contributed by atoms with van der Waals surface area (Å²) in [5.74, 6) is 0.0658. The van der Waals surface area contributed by atoms with Crippen LogP contribution in [-0.4, -0.2) is 23.9 Å². The van der Waals surface area contributed by atoms with E-state index in [1.807, 2.05) is 0 Å². The minimum atomic E-state index is -4.80. The number of nitro benzene ring substituents is 1. The molecular weight excluding hydrogens is 339 g/mol. The number of carbonyl (C=O) groups excluding carboxylic acids is 1. The molecule has 0 radical (unpaired) electrons. The van der Waals surface area contributed by atoms with Crippen LogP contribution in [-0.2, 0) is 11.0 Å². The van der Waals surface area contributed by atoms with Crippen LogP contribution in [0, 0.1) is 16.0 Å². The number of alkyl halides is 3. The van der Waals surface area contributed by atoms with Crippen LogP contribution in [0.4, 0.5) is 24.5 Å². The largest absolute Gasteiger partial charge is 0.418 e. The first kappa shape index (κ1) is 17.3. The van der Waals surface area contributed by atoms with E-state index in [1.165, 1.54) is 0 Å². The number of hydrogen-bond donors (Lipinski definition) is 2. The monoisotopic (exact) mass is 351 g/mol. The van der Waals surface area contributed by atoms with Gasteiger partial charge in [0.2, 0.25) is 5.91 Å². The summed E-state index contributed by atoms with van der Waals surface area (Å²) in [6.07, 6.45) is -2.70. The van der Waals surface area contributed by atoms with Crippen molar-refractivity contribution in [3.8, 4) is 0 Å². The SMILES string of the molecule is O=C(CNc1cc(Cl)c(C(F)(F)F)cc1[N+](=O)[O-])NCC1CC1. The van der Waals surface area contributed by atoms with Crippen LogP contribution in [0.25, 0.3) is 0 Å². The van der Waals surface area contributed by atoms with Crippen LogP contribution in [0.15, 0.2) is 12.1 Å². The van der Waals surface area contributed by atoms with Gasteiger partial charge in [0.15, 0.2) is 0 Å². The Labute approximate surface area is 134 Å². The first-order valence-corrected chi connectivity index (χ1v) is 7.12. The molecule has 126 valence electrons. The van der Waals surface area contributed by atoms with Crippen molar-refractivity contribution in [2.75, 3.05) is 18.4 Å². The number of hydrogen-bond acceptors (Lipinski definition) is 4. The van der Waals surface area contributed by atoms with Crippen molar-refractivity contribution in [2.24, 2.45) is 5.92 Å². The topological polar surface area (TPSA) is 84.3 Å². The van der Waals surface area contributed by atoms with E-state index in [1.54, 1.807) is 0 Å². The smallest absolute Gasteiger partial charge is 0.371 e. The second-order valence-electron chi connectivity index (χ2n) is 5.21. The van der Waals surface area contributed by atoms with Crippen LogP contribution < -0.4 is 10.6 Å². The Hall–Kier alpha value is -2.03. The number of carbonyl (C=O) groups is 1. The Morgan fingerprint density at radius 1 is 1.39 bits per heavy atom. The number of amides is 1. The van der Waals surface area contributed by atoms with Gasteiger partial charge in [-0.1, -0.05) is 11.6 Å². The minimum absolute atomic E-state index is 0.241. The molecule has 0 saturated heterocycles. The second kappa shape index (κ2) is 6.61. The number of benzene rings is 1. The predicted molar refractivity (Wildman–Crippen MR) is 77.3 cm³/mol. The molecule has 1 saturated carbocycles. The van der Waals surface area contributed by atoms with Gasteiger partial charge >= 0.3 is 6.18 Å². The third-order valence-corrected chi connectivity index (χ3v) is 3.62. The predicted octanol–water partition coefficient (Wildman–Crippen LogP) is 3.21. The molecule has 23 heavy (non-hydrogen) atoms. The quantitative estimate of drug-likeness (QED) is 0.609. The fraction of sp³-hybridized carbons (Fsp3) is 0.462. The van der Waals surface area contributed by atoms with Crippen molar-refractivity contribution >= 4 is 28.9 Å². The van der Waals surface area contributed by atoms with E-state index in [-0.39, 0.29) is 12.2 Å². The van der Waals surface area contributed by atoms with Crippen molar-refractivity contribution in [1.82, 2.24) is 5.32 Å². The molecule has 1 aromatic carbocycles. The highest BCUT2D eigenvalue weighted by Crippen LogP contribution is 2.40. The normalized spacial score (nSPS) is 14.4. The molecule has 0 heterocycles. The fourth-order valence-electron chi connectivity index (χ4n) is 1.89. The molecule has 10 heteroatoms. The van der Waals surface area contributed by atoms with E-state index >= 15 is 0 Å². The van der Waals surface area contributed by atoms with E-state index in [0.29, 0.717) is 18.5 Å². The summed E-state index contributed by atoms with van der Waals surface area (Å²) in [5, 5.41) is 15.3. The Balaban J connectivity index is 2.11. The van der Waals surface area contributed by atoms with E-state index in [4.69, 9.17) is 11.6 Å². The lowest BCUT2D eigenvalue weighted by Gasteiger charge is -2.12. The van der Waals surface area contributed by atoms with Gasteiger partial charge < -0.3 is 10.6 Å². The maximum absolute atomic E-state index is 12.7. The highest BCUT2D eigenvalue weighted by atomic mass is 35.5. The van der Waals surface area contributed by atoms with Crippen molar-refractivity contribution in [2.45, 2.75) is 19.0 Å². The van der Waals surface area contributed by atoms with Gasteiger partial charge in [0.25, 0.3) is 5.69 Å². The van der Waals surface area contributed by atoms with Crippen molar-refractivity contribution in [3.05, 3.63) is 32.8 Å². The molecule has 0 aliphatic heterocycles. The Morgan fingerprint density at radius 3 is 2.57 bits per heavy atom. The molecule has 0 atom stereocenters. The first-order chi connectivity index (χ1) is 10.7. The van der Waals surface area contributed by atoms with E-state index < -0.39 is 33.3 Å². The molecule has 0 bridgehead atoms. The zero-order chi connectivity index (χ0) is 17.2. The van der Waals surface area contributed by atoms with E-state index in [2.05, 4.69) is 10.6 Å². The maximum atomic E-state index is 12.7. The van der Waals surface area contributed by atoms with Crippen molar-refractivity contribution in [1.29, 1.82) is 0 Å². The van der Waals surface area contributed by atoms with Crippen LogP contribution in [0.3, 0.4) is 0 Å². The minimum Gasteiger partial charge on any atom is -0.371 e. The van der Waals surface area contributed by atoms with Crippen molar-refractivity contribution < 1.29 is 22.9 Å².